The molecule has 0 unspecified atom stereocenters. The van der Waals surface area contributed by atoms with E-state index in [1.807, 2.05) is 43.3 Å². The molecule has 23 heavy (non-hydrogen) atoms. The molecular weight excluding hydrogens is 288 g/mol. The van der Waals surface area contributed by atoms with Crippen molar-refractivity contribution in [1.82, 2.24) is 29.5 Å². The lowest BCUT2D eigenvalue weighted by Gasteiger charge is -2.00. The van der Waals surface area contributed by atoms with E-state index in [0.29, 0.717) is 5.82 Å². The molecule has 0 N–H and O–H groups in total. The van der Waals surface area contributed by atoms with Crippen molar-refractivity contribution >= 4 is 12.2 Å². The van der Waals surface area contributed by atoms with Gasteiger partial charge in [-0.15, -0.1) is 0 Å². The van der Waals surface area contributed by atoms with E-state index in [-0.39, 0.29) is 0 Å². The third-order valence-corrected chi connectivity index (χ3v) is 4.18. The largest absolute Gasteiger partial charge is 0.275 e. The van der Waals surface area contributed by atoms with E-state index in [0.717, 1.165) is 29.8 Å². The van der Waals surface area contributed by atoms with Gasteiger partial charge in [0.05, 0.1) is 23.3 Å². The average molecular weight is 306 g/mol. The van der Waals surface area contributed by atoms with Gasteiger partial charge in [0.1, 0.15) is 0 Å². The van der Waals surface area contributed by atoms with Gasteiger partial charge in [0.15, 0.2) is 5.82 Å². The van der Waals surface area contributed by atoms with Gasteiger partial charge < -0.3 is 0 Å². The minimum Gasteiger partial charge on any atom is -0.275 e. The second kappa shape index (κ2) is 5.46. The Kier molecular flexibility index (Phi) is 3.29. The first-order valence-electron chi connectivity index (χ1n) is 7.75. The Morgan fingerprint density at radius 1 is 1.17 bits per heavy atom. The summed E-state index contributed by atoms with van der Waals surface area (Å²) >= 11 is 0. The maximum Gasteiger partial charge on any atom is 0.152 e. The van der Waals surface area contributed by atoms with Crippen LogP contribution in [0, 0.1) is 0 Å². The average Bonchev–Trinajstić information content (AvgIpc) is 3.23. The molecule has 0 saturated heterocycles. The molecule has 0 aromatic carbocycles. The molecule has 3 aromatic heterocycles. The van der Waals surface area contributed by atoms with Crippen molar-refractivity contribution in [2.24, 2.45) is 14.1 Å². The van der Waals surface area contributed by atoms with Gasteiger partial charge >= 0.3 is 0 Å². The van der Waals surface area contributed by atoms with E-state index in [1.54, 1.807) is 10.9 Å². The summed E-state index contributed by atoms with van der Waals surface area (Å²) in [4.78, 5) is 8.94. The van der Waals surface area contributed by atoms with Gasteiger partial charge in [0.2, 0.25) is 0 Å². The monoisotopic (exact) mass is 306 g/mol. The molecule has 6 heteroatoms. The normalized spacial score (nSPS) is 13.8. The molecule has 0 spiro atoms. The maximum absolute atomic E-state index is 4.60. The molecule has 0 aliphatic heterocycles. The fraction of sp³-hybridized carbons (Fsp3) is 0.294. The Morgan fingerprint density at radius 3 is 2.91 bits per heavy atom. The van der Waals surface area contributed by atoms with Crippen LogP contribution in [-0.4, -0.2) is 29.5 Å². The summed E-state index contributed by atoms with van der Waals surface area (Å²) in [7, 11) is 3.89. The topological polar surface area (TPSA) is 61.4 Å². The minimum atomic E-state index is 0.694. The molecule has 3 heterocycles. The van der Waals surface area contributed by atoms with Crippen molar-refractivity contribution < 1.29 is 0 Å². The first-order chi connectivity index (χ1) is 11.2. The third-order valence-electron chi connectivity index (χ3n) is 4.18. The number of aryl methyl sites for hydroxylation is 3. The van der Waals surface area contributed by atoms with Crippen LogP contribution in [-0.2, 0) is 26.9 Å². The fourth-order valence-electron chi connectivity index (χ4n) is 3.07. The van der Waals surface area contributed by atoms with Crippen molar-refractivity contribution in [3.8, 4) is 11.3 Å². The van der Waals surface area contributed by atoms with E-state index < -0.39 is 0 Å². The summed E-state index contributed by atoms with van der Waals surface area (Å²) in [6.07, 6.45) is 13.0. The Bertz CT molecular complexity index is 886. The van der Waals surface area contributed by atoms with Crippen LogP contribution in [0.5, 0.6) is 0 Å². The van der Waals surface area contributed by atoms with Crippen molar-refractivity contribution in [2.75, 3.05) is 0 Å². The van der Waals surface area contributed by atoms with Gasteiger partial charge in [-0.3, -0.25) is 9.36 Å². The SMILES string of the molecule is Cn1cc(-c2ccnc(/C=C/c3c4c(nn3C)CCC4)n2)cn1. The van der Waals surface area contributed by atoms with Crippen molar-refractivity contribution in [2.45, 2.75) is 19.3 Å². The van der Waals surface area contributed by atoms with E-state index in [9.17, 15) is 0 Å². The van der Waals surface area contributed by atoms with E-state index in [1.165, 1.54) is 17.7 Å². The van der Waals surface area contributed by atoms with Crippen LogP contribution in [0.2, 0.25) is 0 Å². The quantitative estimate of drug-likeness (QED) is 0.745. The van der Waals surface area contributed by atoms with Crippen molar-refractivity contribution in [3.05, 3.63) is 47.4 Å². The number of hydrogen-bond donors (Lipinski definition) is 0. The molecule has 0 amide bonds. The van der Waals surface area contributed by atoms with Gasteiger partial charge in [-0.05, 0) is 37.5 Å². The zero-order valence-electron chi connectivity index (χ0n) is 13.3. The standard InChI is InChI=1S/C17H18N6/c1-22-11-12(10-19-22)14-8-9-18-17(20-14)7-6-16-13-4-3-5-15(13)21-23(16)2/h6-11H,3-5H2,1-2H3/b7-6+. The molecule has 0 saturated carbocycles. The van der Waals surface area contributed by atoms with Gasteiger partial charge in [0, 0.05) is 37.6 Å². The Labute approximate surface area is 134 Å². The molecule has 0 bridgehead atoms. The predicted octanol–water partition coefficient (Wildman–Crippen LogP) is 2.27. The summed E-state index contributed by atoms with van der Waals surface area (Å²) < 4.78 is 3.72. The molecule has 0 radical (unpaired) electrons. The smallest absolute Gasteiger partial charge is 0.152 e. The Balaban J connectivity index is 1.65. The zero-order chi connectivity index (χ0) is 15.8. The molecule has 1 aliphatic rings. The summed E-state index contributed by atoms with van der Waals surface area (Å²) in [6, 6.07) is 1.90. The molecule has 0 fully saturated rings. The maximum atomic E-state index is 4.60. The molecule has 0 atom stereocenters. The molecule has 3 aromatic rings. The second-order valence-electron chi connectivity index (χ2n) is 5.82. The lowest BCUT2D eigenvalue weighted by atomic mass is 10.2. The first-order valence-corrected chi connectivity index (χ1v) is 7.75. The van der Waals surface area contributed by atoms with Gasteiger partial charge in [0.25, 0.3) is 0 Å². The van der Waals surface area contributed by atoms with Gasteiger partial charge in [-0.1, -0.05) is 0 Å². The highest BCUT2D eigenvalue weighted by atomic mass is 15.3. The number of rotatable bonds is 3. The number of fused-ring (bicyclic) bond motifs is 1. The highest BCUT2D eigenvalue weighted by Gasteiger charge is 2.19. The lowest BCUT2D eigenvalue weighted by Crippen LogP contribution is -1.96. The number of nitrogens with zero attached hydrogens (tertiary/aromatic N) is 6. The van der Waals surface area contributed by atoms with Crippen molar-refractivity contribution in [3.63, 3.8) is 0 Å². The molecule has 6 nitrogen and oxygen atoms in total. The van der Waals surface area contributed by atoms with Crippen LogP contribution in [0.25, 0.3) is 23.4 Å². The number of hydrogen-bond acceptors (Lipinski definition) is 4. The predicted molar refractivity (Wildman–Crippen MR) is 88.4 cm³/mol. The zero-order valence-corrected chi connectivity index (χ0v) is 13.3. The van der Waals surface area contributed by atoms with Gasteiger partial charge in [-0.25, -0.2) is 9.97 Å². The highest BCUT2D eigenvalue weighted by Crippen LogP contribution is 2.25. The van der Waals surface area contributed by atoms with E-state index >= 15 is 0 Å². The molecular formula is C17H18N6. The van der Waals surface area contributed by atoms with Crippen LogP contribution in [0.1, 0.15) is 29.2 Å². The summed E-state index contributed by atoms with van der Waals surface area (Å²) in [6.45, 7) is 0. The molecule has 1 aliphatic carbocycles. The summed E-state index contributed by atoms with van der Waals surface area (Å²) in [5.41, 5.74) is 5.63. The number of aromatic nitrogens is 6. The minimum absolute atomic E-state index is 0.694. The van der Waals surface area contributed by atoms with Crippen LogP contribution in [0.3, 0.4) is 0 Å². The third kappa shape index (κ3) is 2.56. The Hall–Kier alpha value is -2.76. The van der Waals surface area contributed by atoms with Crippen LogP contribution in [0.15, 0.2) is 24.7 Å². The Morgan fingerprint density at radius 2 is 2.09 bits per heavy atom. The van der Waals surface area contributed by atoms with Crippen LogP contribution < -0.4 is 0 Å². The molecule has 4 rings (SSSR count). The van der Waals surface area contributed by atoms with Gasteiger partial charge in [-0.2, -0.15) is 10.2 Å². The van der Waals surface area contributed by atoms with E-state index in [2.05, 4.69) is 26.2 Å². The van der Waals surface area contributed by atoms with E-state index in [4.69, 9.17) is 0 Å². The van der Waals surface area contributed by atoms with Crippen LogP contribution in [0.4, 0.5) is 0 Å². The molecule has 116 valence electrons. The fourth-order valence-corrected chi connectivity index (χ4v) is 3.07. The highest BCUT2D eigenvalue weighted by molar-refractivity contribution is 5.68. The van der Waals surface area contributed by atoms with Crippen molar-refractivity contribution in [1.29, 1.82) is 0 Å². The second-order valence-corrected chi connectivity index (χ2v) is 5.82. The lowest BCUT2D eigenvalue weighted by molar-refractivity contribution is 0.721. The summed E-state index contributed by atoms with van der Waals surface area (Å²) in [5, 5.41) is 8.77. The first kappa shape index (κ1) is 13.9. The van der Waals surface area contributed by atoms with Crippen LogP contribution >= 0.6 is 0 Å². The summed E-state index contributed by atoms with van der Waals surface area (Å²) in [5.74, 6) is 0.694.